The van der Waals surface area contributed by atoms with Gasteiger partial charge in [0.15, 0.2) is 0 Å². The molecule has 1 saturated heterocycles. The number of hydrogen-bond donors (Lipinski definition) is 2. The first-order chi connectivity index (χ1) is 7.51. The van der Waals surface area contributed by atoms with Crippen LogP contribution in [0.4, 0.5) is 4.79 Å². The van der Waals surface area contributed by atoms with Crippen LogP contribution in [0.5, 0.6) is 0 Å². The first-order valence-corrected chi connectivity index (χ1v) is 5.83. The number of amides is 2. The smallest absolute Gasteiger partial charge is 0.317 e. The van der Waals surface area contributed by atoms with E-state index in [0.29, 0.717) is 32.7 Å². The van der Waals surface area contributed by atoms with E-state index in [4.69, 9.17) is 4.74 Å². The summed E-state index contributed by atoms with van der Waals surface area (Å²) in [5, 5.41) is 12.6. The molecule has 2 fully saturated rings. The Bertz CT molecular complexity index is 274. The molecule has 0 aromatic heterocycles. The minimum Gasteiger partial charge on any atom is -0.392 e. The average molecular weight is 228 g/mol. The van der Waals surface area contributed by atoms with Crippen molar-refractivity contribution in [3.8, 4) is 0 Å². The lowest BCUT2D eigenvalue weighted by Crippen LogP contribution is -2.63. The lowest BCUT2D eigenvalue weighted by molar-refractivity contribution is -0.0697. The normalized spacial score (nSPS) is 33.1. The molecule has 0 aromatic rings. The van der Waals surface area contributed by atoms with E-state index in [1.54, 1.807) is 4.90 Å². The largest absolute Gasteiger partial charge is 0.392 e. The van der Waals surface area contributed by atoms with Gasteiger partial charge in [0.25, 0.3) is 0 Å². The molecule has 5 heteroatoms. The van der Waals surface area contributed by atoms with Crippen molar-refractivity contribution < 1.29 is 14.6 Å². The zero-order valence-corrected chi connectivity index (χ0v) is 9.90. The molecule has 2 N–H and O–H groups in total. The van der Waals surface area contributed by atoms with E-state index in [-0.39, 0.29) is 23.6 Å². The molecule has 1 aliphatic heterocycles. The van der Waals surface area contributed by atoms with Crippen molar-refractivity contribution >= 4 is 6.03 Å². The molecule has 16 heavy (non-hydrogen) atoms. The Morgan fingerprint density at radius 3 is 2.56 bits per heavy atom. The lowest BCUT2D eigenvalue weighted by Gasteiger charge is -2.49. The van der Waals surface area contributed by atoms with Gasteiger partial charge in [-0.2, -0.15) is 0 Å². The highest BCUT2D eigenvalue weighted by molar-refractivity contribution is 5.74. The van der Waals surface area contributed by atoms with Crippen LogP contribution < -0.4 is 5.32 Å². The van der Waals surface area contributed by atoms with E-state index >= 15 is 0 Å². The number of ether oxygens (including phenoxy) is 1. The zero-order chi connectivity index (χ0) is 11.8. The summed E-state index contributed by atoms with van der Waals surface area (Å²) in [4.78, 5) is 13.6. The predicted molar refractivity (Wildman–Crippen MR) is 59.1 cm³/mol. The monoisotopic (exact) mass is 228 g/mol. The Labute approximate surface area is 95.8 Å². The van der Waals surface area contributed by atoms with Gasteiger partial charge in [0, 0.05) is 24.5 Å². The van der Waals surface area contributed by atoms with Gasteiger partial charge in [0.1, 0.15) is 0 Å². The maximum absolute atomic E-state index is 11.9. The molecule has 2 rings (SSSR count). The van der Waals surface area contributed by atoms with E-state index in [9.17, 15) is 9.90 Å². The third-order valence-corrected chi connectivity index (χ3v) is 3.81. The molecule has 1 heterocycles. The van der Waals surface area contributed by atoms with Crippen LogP contribution in [-0.4, -0.2) is 54.5 Å². The topological polar surface area (TPSA) is 61.8 Å². The number of hydrogen-bond acceptors (Lipinski definition) is 3. The van der Waals surface area contributed by atoms with Crippen LogP contribution in [0.15, 0.2) is 0 Å². The maximum Gasteiger partial charge on any atom is 0.317 e. The molecule has 2 atom stereocenters. The minimum atomic E-state index is -0.303. The highest BCUT2D eigenvalue weighted by Crippen LogP contribution is 2.40. The Hall–Kier alpha value is -0.810. The fraction of sp³-hybridized carbons (Fsp3) is 0.909. The van der Waals surface area contributed by atoms with Crippen LogP contribution in [0, 0.1) is 5.41 Å². The first kappa shape index (κ1) is 11.7. The summed E-state index contributed by atoms with van der Waals surface area (Å²) in [6.45, 7) is 6.49. The third-order valence-electron chi connectivity index (χ3n) is 3.81. The van der Waals surface area contributed by atoms with E-state index in [1.165, 1.54) is 0 Å². The highest BCUT2D eigenvalue weighted by atomic mass is 16.5. The molecule has 1 saturated carbocycles. The zero-order valence-electron chi connectivity index (χ0n) is 9.90. The molecule has 92 valence electrons. The molecule has 0 spiro atoms. The lowest BCUT2D eigenvalue weighted by atomic mass is 9.64. The average Bonchev–Trinajstić information content (AvgIpc) is 2.29. The molecule has 2 aliphatic rings. The second kappa shape index (κ2) is 4.22. The van der Waals surface area contributed by atoms with E-state index < -0.39 is 0 Å². The SMILES string of the molecule is CC1(C)C(O)CC1NC(=O)N1CCOCC1. The van der Waals surface area contributed by atoms with Crippen molar-refractivity contribution in [2.24, 2.45) is 5.41 Å². The van der Waals surface area contributed by atoms with Gasteiger partial charge in [-0.3, -0.25) is 0 Å². The van der Waals surface area contributed by atoms with Crippen LogP contribution >= 0.6 is 0 Å². The summed E-state index contributed by atoms with van der Waals surface area (Å²) in [6, 6.07) is 0.0473. The fourth-order valence-electron chi connectivity index (χ4n) is 2.15. The van der Waals surface area contributed by atoms with Gasteiger partial charge in [-0.05, 0) is 6.42 Å². The number of aliphatic hydroxyl groups is 1. The number of nitrogens with one attached hydrogen (secondary N) is 1. The highest BCUT2D eigenvalue weighted by Gasteiger charge is 2.48. The van der Waals surface area contributed by atoms with Gasteiger partial charge < -0.3 is 20.1 Å². The van der Waals surface area contributed by atoms with Gasteiger partial charge in [-0.15, -0.1) is 0 Å². The van der Waals surface area contributed by atoms with Crippen molar-refractivity contribution in [3.05, 3.63) is 0 Å². The maximum atomic E-state index is 11.9. The van der Waals surface area contributed by atoms with Gasteiger partial charge >= 0.3 is 6.03 Å². The van der Waals surface area contributed by atoms with Gasteiger partial charge in [-0.1, -0.05) is 13.8 Å². The van der Waals surface area contributed by atoms with Crippen LogP contribution in [0.3, 0.4) is 0 Å². The molecule has 0 aromatic carbocycles. The summed E-state index contributed by atoms with van der Waals surface area (Å²) < 4.78 is 5.19. The number of carbonyl (C=O) groups excluding carboxylic acids is 1. The van der Waals surface area contributed by atoms with E-state index in [0.717, 1.165) is 0 Å². The number of urea groups is 1. The van der Waals surface area contributed by atoms with Crippen molar-refractivity contribution in [2.75, 3.05) is 26.3 Å². The van der Waals surface area contributed by atoms with Crippen molar-refractivity contribution in [1.82, 2.24) is 10.2 Å². The Kier molecular flexibility index (Phi) is 3.08. The molecule has 5 nitrogen and oxygen atoms in total. The van der Waals surface area contributed by atoms with Gasteiger partial charge in [-0.25, -0.2) is 4.79 Å². The minimum absolute atomic E-state index is 0.0340. The molecule has 0 bridgehead atoms. The van der Waals surface area contributed by atoms with Crippen LogP contribution in [0.2, 0.25) is 0 Å². The molecule has 2 unspecified atom stereocenters. The van der Waals surface area contributed by atoms with Crippen LogP contribution in [0.1, 0.15) is 20.3 Å². The third kappa shape index (κ3) is 2.01. The van der Waals surface area contributed by atoms with E-state index in [1.807, 2.05) is 13.8 Å². The van der Waals surface area contributed by atoms with Crippen LogP contribution in [0.25, 0.3) is 0 Å². The summed E-state index contributed by atoms with van der Waals surface area (Å²) >= 11 is 0. The molecule has 1 aliphatic carbocycles. The Balaban J connectivity index is 1.83. The van der Waals surface area contributed by atoms with Gasteiger partial charge in [0.2, 0.25) is 0 Å². The van der Waals surface area contributed by atoms with Gasteiger partial charge in [0.05, 0.1) is 19.3 Å². The summed E-state index contributed by atoms with van der Waals surface area (Å²) in [5.74, 6) is 0. The quantitative estimate of drug-likeness (QED) is 0.673. The fourth-order valence-corrected chi connectivity index (χ4v) is 2.15. The first-order valence-electron chi connectivity index (χ1n) is 5.83. The predicted octanol–water partition coefficient (Wildman–Crippen LogP) is 0.188. The Morgan fingerprint density at radius 1 is 1.44 bits per heavy atom. The van der Waals surface area contributed by atoms with Crippen molar-refractivity contribution in [3.63, 3.8) is 0 Å². The summed E-state index contributed by atoms with van der Waals surface area (Å²) in [7, 11) is 0. The number of carbonyl (C=O) groups is 1. The van der Waals surface area contributed by atoms with Crippen molar-refractivity contribution in [1.29, 1.82) is 0 Å². The number of aliphatic hydroxyl groups excluding tert-OH is 1. The summed E-state index contributed by atoms with van der Waals surface area (Å²) in [5.41, 5.74) is -0.206. The summed E-state index contributed by atoms with van der Waals surface area (Å²) in [6.07, 6.45) is 0.353. The van der Waals surface area contributed by atoms with E-state index in [2.05, 4.69) is 5.32 Å². The Morgan fingerprint density at radius 2 is 2.06 bits per heavy atom. The standard InChI is InChI=1S/C11H20N2O3/c1-11(2)8(7-9(11)14)12-10(15)13-3-5-16-6-4-13/h8-9,14H,3-7H2,1-2H3,(H,12,15). The second-order valence-electron chi connectivity index (χ2n) is 5.17. The number of rotatable bonds is 1. The van der Waals surface area contributed by atoms with Crippen LogP contribution in [-0.2, 0) is 4.74 Å². The molecular formula is C11H20N2O3. The molecular weight excluding hydrogens is 208 g/mol. The van der Waals surface area contributed by atoms with Crippen molar-refractivity contribution in [2.45, 2.75) is 32.4 Å². The number of morpholine rings is 1. The molecule has 2 amide bonds. The second-order valence-corrected chi connectivity index (χ2v) is 5.17. The molecule has 0 radical (unpaired) electrons. The number of nitrogens with zero attached hydrogens (tertiary/aromatic N) is 1.